The van der Waals surface area contributed by atoms with E-state index in [0.29, 0.717) is 46.0 Å². The first-order valence-corrected chi connectivity index (χ1v) is 13.8. The van der Waals surface area contributed by atoms with Crippen LogP contribution in [0.15, 0.2) is 70.6 Å². The molecule has 7 nitrogen and oxygen atoms in total. The maximum Gasteiger partial charge on any atom is 0.337 e. The second-order valence-corrected chi connectivity index (χ2v) is 10.6. The lowest BCUT2D eigenvalue weighted by Gasteiger charge is -2.15. The third-order valence-electron chi connectivity index (χ3n) is 5.65. The van der Waals surface area contributed by atoms with Crippen LogP contribution in [0.2, 0.25) is 0 Å². The zero-order valence-electron chi connectivity index (χ0n) is 21.5. The monoisotopic (exact) mass is 642 g/mol. The lowest BCUT2D eigenvalue weighted by molar-refractivity contribution is -0.121. The van der Waals surface area contributed by atoms with E-state index in [1.54, 1.807) is 31.3 Å². The summed E-state index contributed by atoms with van der Waals surface area (Å²) in [5, 5.41) is 0.546. The molecule has 1 amide bonds. The number of aryl methyl sites for hydroxylation is 1. The predicted molar refractivity (Wildman–Crippen MR) is 159 cm³/mol. The van der Waals surface area contributed by atoms with Gasteiger partial charge in [-0.05, 0) is 102 Å². The normalized spacial score (nSPS) is 15.3. The minimum atomic E-state index is -0.412. The molecular formula is C29H27IN2O5S. The van der Waals surface area contributed by atoms with Crippen molar-refractivity contribution < 1.29 is 23.8 Å². The van der Waals surface area contributed by atoms with E-state index in [4.69, 9.17) is 14.2 Å². The Hall–Kier alpha value is -3.31. The second-order valence-electron chi connectivity index (χ2n) is 8.44. The van der Waals surface area contributed by atoms with E-state index in [-0.39, 0.29) is 5.91 Å². The third-order valence-corrected chi connectivity index (χ3v) is 7.51. The van der Waals surface area contributed by atoms with Crippen LogP contribution < -0.4 is 9.47 Å². The Labute approximate surface area is 240 Å². The SMILES string of the molecule is CCOc1cc(/C=C2\SC(=Nc3ccc(C(=O)OC)cc3)N(C)C2=O)cc(I)c1OCc1ccc(C)cc1. The summed E-state index contributed by atoms with van der Waals surface area (Å²) in [4.78, 5) is 31.3. The molecule has 1 fully saturated rings. The molecule has 0 aliphatic carbocycles. The van der Waals surface area contributed by atoms with Gasteiger partial charge < -0.3 is 14.2 Å². The molecule has 1 aliphatic rings. The van der Waals surface area contributed by atoms with E-state index in [0.717, 1.165) is 14.7 Å². The van der Waals surface area contributed by atoms with Gasteiger partial charge in [0.2, 0.25) is 0 Å². The van der Waals surface area contributed by atoms with Gasteiger partial charge in [0.1, 0.15) is 6.61 Å². The maximum absolute atomic E-state index is 13.0. The number of esters is 1. The van der Waals surface area contributed by atoms with Crippen molar-refractivity contribution in [3.05, 3.63) is 91.4 Å². The van der Waals surface area contributed by atoms with Crippen molar-refractivity contribution in [1.29, 1.82) is 0 Å². The van der Waals surface area contributed by atoms with E-state index in [1.165, 1.54) is 29.3 Å². The van der Waals surface area contributed by atoms with Crippen molar-refractivity contribution in [3.8, 4) is 11.5 Å². The molecule has 0 atom stereocenters. The van der Waals surface area contributed by atoms with Gasteiger partial charge in [0.05, 0.1) is 33.4 Å². The van der Waals surface area contributed by atoms with Crippen LogP contribution in [0.3, 0.4) is 0 Å². The highest BCUT2D eigenvalue weighted by atomic mass is 127. The first-order chi connectivity index (χ1) is 18.3. The van der Waals surface area contributed by atoms with Crippen molar-refractivity contribution in [3.63, 3.8) is 0 Å². The number of likely N-dealkylation sites (N-methyl/N-ethyl adjacent to an activating group) is 1. The Morgan fingerprint density at radius 1 is 1.08 bits per heavy atom. The number of methoxy groups -OCH3 is 1. The number of amides is 1. The smallest absolute Gasteiger partial charge is 0.337 e. The summed E-state index contributed by atoms with van der Waals surface area (Å²) >= 11 is 3.52. The number of carbonyl (C=O) groups is 2. The lowest BCUT2D eigenvalue weighted by atomic mass is 10.1. The quantitative estimate of drug-likeness (QED) is 0.157. The largest absolute Gasteiger partial charge is 0.490 e. The molecule has 1 heterocycles. The Morgan fingerprint density at radius 2 is 1.79 bits per heavy atom. The summed E-state index contributed by atoms with van der Waals surface area (Å²) in [5.74, 6) is 0.745. The van der Waals surface area contributed by atoms with E-state index in [9.17, 15) is 9.59 Å². The van der Waals surface area contributed by atoms with Crippen molar-refractivity contribution in [2.75, 3.05) is 20.8 Å². The van der Waals surface area contributed by atoms with Gasteiger partial charge in [0.15, 0.2) is 16.7 Å². The number of thioether (sulfide) groups is 1. The number of hydrogen-bond donors (Lipinski definition) is 0. The number of halogens is 1. The number of benzene rings is 3. The van der Waals surface area contributed by atoms with Gasteiger partial charge in [-0.25, -0.2) is 9.79 Å². The average molecular weight is 643 g/mol. The molecule has 38 heavy (non-hydrogen) atoms. The van der Waals surface area contributed by atoms with Crippen molar-refractivity contribution >= 4 is 63.2 Å². The molecule has 0 radical (unpaired) electrons. The van der Waals surface area contributed by atoms with Crippen molar-refractivity contribution in [2.45, 2.75) is 20.5 Å². The zero-order chi connectivity index (χ0) is 27.2. The summed E-state index contributed by atoms with van der Waals surface area (Å²) in [6, 6.07) is 18.8. The minimum absolute atomic E-state index is 0.146. The first kappa shape index (κ1) is 27.7. The van der Waals surface area contributed by atoms with Gasteiger partial charge in [-0.3, -0.25) is 9.69 Å². The van der Waals surface area contributed by atoms with Crippen molar-refractivity contribution in [2.24, 2.45) is 4.99 Å². The summed E-state index contributed by atoms with van der Waals surface area (Å²) in [7, 11) is 3.03. The van der Waals surface area contributed by atoms with E-state index in [1.807, 2.05) is 37.3 Å². The summed E-state index contributed by atoms with van der Waals surface area (Å²) < 4.78 is 17.7. The zero-order valence-corrected chi connectivity index (χ0v) is 24.5. The Morgan fingerprint density at radius 3 is 2.45 bits per heavy atom. The fourth-order valence-electron chi connectivity index (χ4n) is 3.62. The number of rotatable bonds is 8. The van der Waals surface area contributed by atoms with Crippen LogP contribution in [0.1, 0.15) is 34.0 Å². The molecule has 0 bridgehead atoms. The standard InChI is InChI=1S/C29H27IN2O5S/c1-5-36-24-15-20(14-23(30)26(24)37-17-19-8-6-18(2)7-9-19)16-25-27(33)32(3)29(38-25)31-22-12-10-21(11-13-22)28(34)35-4/h6-16H,5,17H2,1-4H3/b25-16-,31-29?. The molecule has 0 unspecified atom stereocenters. The van der Waals surface area contributed by atoms with Crippen LogP contribution >= 0.6 is 34.4 Å². The fourth-order valence-corrected chi connectivity index (χ4v) is 5.39. The lowest BCUT2D eigenvalue weighted by Crippen LogP contribution is -2.23. The molecule has 3 aromatic rings. The van der Waals surface area contributed by atoms with Crippen LogP contribution in [0, 0.1) is 10.5 Å². The number of carbonyl (C=O) groups excluding carboxylic acids is 2. The molecule has 0 spiro atoms. The molecule has 0 aromatic heterocycles. The Kier molecular flexibility index (Phi) is 9.11. The van der Waals surface area contributed by atoms with Crippen LogP contribution in [-0.4, -0.2) is 42.7 Å². The van der Waals surface area contributed by atoms with Gasteiger partial charge in [-0.2, -0.15) is 0 Å². The van der Waals surface area contributed by atoms with Gasteiger partial charge >= 0.3 is 5.97 Å². The predicted octanol–water partition coefficient (Wildman–Crippen LogP) is 6.60. The highest BCUT2D eigenvalue weighted by Gasteiger charge is 2.30. The maximum atomic E-state index is 13.0. The van der Waals surface area contributed by atoms with Crippen LogP contribution in [0.4, 0.5) is 5.69 Å². The summed E-state index contributed by atoms with van der Waals surface area (Å²) in [6.45, 7) is 4.89. The number of nitrogens with zero attached hydrogens (tertiary/aromatic N) is 2. The highest BCUT2D eigenvalue weighted by molar-refractivity contribution is 14.1. The van der Waals surface area contributed by atoms with E-state index >= 15 is 0 Å². The Bertz CT molecular complexity index is 1400. The molecule has 0 saturated carbocycles. The highest BCUT2D eigenvalue weighted by Crippen LogP contribution is 2.38. The molecule has 9 heteroatoms. The van der Waals surface area contributed by atoms with Crippen LogP contribution in [0.25, 0.3) is 6.08 Å². The third kappa shape index (κ3) is 6.57. The molecule has 1 aliphatic heterocycles. The molecule has 1 saturated heterocycles. The number of ether oxygens (including phenoxy) is 3. The summed E-state index contributed by atoms with van der Waals surface area (Å²) in [5.41, 5.74) is 4.16. The number of aliphatic imine (C=N–C) groups is 1. The molecule has 4 rings (SSSR count). The van der Waals surface area contributed by atoms with Gasteiger partial charge in [-0.15, -0.1) is 0 Å². The Balaban J connectivity index is 1.55. The topological polar surface area (TPSA) is 77.4 Å². The molecular weight excluding hydrogens is 615 g/mol. The fraction of sp³-hybridized carbons (Fsp3) is 0.207. The first-order valence-electron chi connectivity index (χ1n) is 11.9. The van der Waals surface area contributed by atoms with Gasteiger partial charge in [-0.1, -0.05) is 29.8 Å². The minimum Gasteiger partial charge on any atom is -0.490 e. The number of hydrogen-bond acceptors (Lipinski definition) is 7. The van der Waals surface area contributed by atoms with Crippen molar-refractivity contribution in [1.82, 2.24) is 4.90 Å². The molecule has 196 valence electrons. The average Bonchev–Trinajstić information content (AvgIpc) is 3.17. The van der Waals surface area contributed by atoms with Gasteiger partial charge in [0, 0.05) is 7.05 Å². The second kappa shape index (κ2) is 12.5. The van der Waals surface area contributed by atoms with Crippen LogP contribution in [-0.2, 0) is 16.1 Å². The van der Waals surface area contributed by atoms with Gasteiger partial charge in [0.25, 0.3) is 5.91 Å². The van der Waals surface area contributed by atoms with Crippen LogP contribution in [0.5, 0.6) is 11.5 Å². The summed E-state index contributed by atoms with van der Waals surface area (Å²) in [6.07, 6.45) is 1.83. The molecule has 3 aromatic carbocycles. The van der Waals surface area contributed by atoms with E-state index < -0.39 is 5.97 Å². The van der Waals surface area contributed by atoms with E-state index in [2.05, 4.69) is 46.6 Å². The molecule has 0 N–H and O–H groups in total. The number of amidine groups is 1.